The van der Waals surface area contributed by atoms with Crippen LogP contribution in [0.2, 0.25) is 0 Å². The zero-order valence-corrected chi connectivity index (χ0v) is 10.9. The molecule has 16 heavy (non-hydrogen) atoms. The van der Waals surface area contributed by atoms with Crippen LogP contribution in [0.5, 0.6) is 0 Å². The Kier molecular flexibility index (Phi) is 3.91. The standard InChI is InChI=1S/C14H27NO/c1-3-14(2)8-10-15(11-9-14)12-4-6-13(16)7-5-12/h12-13,16H,3-11H2,1-2H3. The average Bonchev–Trinajstić information content (AvgIpc) is 2.32. The summed E-state index contributed by atoms with van der Waals surface area (Å²) in [7, 11) is 0. The van der Waals surface area contributed by atoms with E-state index < -0.39 is 0 Å². The van der Waals surface area contributed by atoms with Gasteiger partial charge in [0.1, 0.15) is 0 Å². The Hall–Kier alpha value is -0.0800. The minimum absolute atomic E-state index is 0.0121. The van der Waals surface area contributed by atoms with Gasteiger partial charge in [-0.25, -0.2) is 0 Å². The number of rotatable bonds is 2. The lowest BCUT2D eigenvalue weighted by Crippen LogP contribution is -2.46. The largest absolute Gasteiger partial charge is 0.393 e. The van der Waals surface area contributed by atoms with E-state index in [0.29, 0.717) is 5.41 Å². The van der Waals surface area contributed by atoms with E-state index in [9.17, 15) is 5.11 Å². The minimum Gasteiger partial charge on any atom is -0.393 e. The van der Waals surface area contributed by atoms with Gasteiger partial charge < -0.3 is 10.0 Å². The second-order valence-corrected chi connectivity index (χ2v) is 6.16. The van der Waals surface area contributed by atoms with Crippen molar-refractivity contribution in [3.8, 4) is 0 Å². The highest BCUT2D eigenvalue weighted by Crippen LogP contribution is 2.36. The normalized spacial score (nSPS) is 36.2. The molecule has 0 aromatic carbocycles. The van der Waals surface area contributed by atoms with E-state index in [0.717, 1.165) is 18.9 Å². The molecule has 0 radical (unpaired) electrons. The quantitative estimate of drug-likeness (QED) is 0.781. The van der Waals surface area contributed by atoms with E-state index in [2.05, 4.69) is 18.7 Å². The van der Waals surface area contributed by atoms with E-state index in [1.807, 2.05) is 0 Å². The van der Waals surface area contributed by atoms with E-state index in [1.165, 1.54) is 45.2 Å². The van der Waals surface area contributed by atoms with Crippen LogP contribution >= 0.6 is 0 Å². The fraction of sp³-hybridized carbons (Fsp3) is 1.00. The van der Waals surface area contributed by atoms with Gasteiger partial charge >= 0.3 is 0 Å². The van der Waals surface area contributed by atoms with Crippen molar-refractivity contribution in [2.24, 2.45) is 5.41 Å². The predicted octanol–water partition coefficient (Wildman–Crippen LogP) is 2.80. The fourth-order valence-electron chi connectivity index (χ4n) is 3.21. The molecular formula is C14H27NO. The molecule has 2 fully saturated rings. The third-order valence-corrected chi connectivity index (χ3v) is 5.04. The molecule has 2 rings (SSSR count). The summed E-state index contributed by atoms with van der Waals surface area (Å²) < 4.78 is 0. The van der Waals surface area contributed by atoms with Crippen LogP contribution in [0.4, 0.5) is 0 Å². The van der Waals surface area contributed by atoms with Crippen LogP contribution in [0.3, 0.4) is 0 Å². The number of aliphatic hydroxyl groups excluding tert-OH is 1. The summed E-state index contributed by atoms with van der Waals surface area (Å²) in [6.45, 7) is 7.33. The van der Waals surface area contributed by atoms with Crippen molar-refractivity contribution in [2.45, 2.75) is 70.9 Å². The molecule has 0 spiro atoms. The van der Waals surface area contributed by atoms with Gasteiger partial charge in [-0.3, -0.25) is 0 Å². The van der Waals surface area contributed by atoms with Crippen LogP contribution < -0.4 is 0 Å². The molecule has 1 aliphatic heterocycles. The molecule has 2 nitrogen and oxygen atoms in total. The summed E-state index contributed by atoms with van der Waals surface area (Å²) in [4.78, 5) is 2.68. The Labute approximate surface area is 100 Å². The number of aliphatic hydroxyl groups is 1. The Morgan fingerprint density at radius 1 is 1.12 bits per heavy atom. The zero-order valence-electron chi connectivity index (χ0n) is 10.9. The Morgan fingerprint density at radius 3 is 2.19 bits per heavy atom. The summed E-state index contributed by atoms with van der Waals surface area (Å²) >= 11 is 0. The van der Waals surface area contributed by atoms with Crippen LogP contribution in [0, 0.1) is 5.41 Å². The molecule has 94 valence electrons. The first kappa shape index (κ1) is 12.4. The maximum atomic E-state index is 9.53. The van der Waals surface area contributed by atoms with Gasteiger partial charge in [0.15, 0.2) is 0 Å². The van der Waals surface area contributed by atoms with Crippen molar-refractivity contribution in [1.82, 2.24) is 4.90 Å². The molecule has 0 aromatic rings. The number of nitrogens with zero attached hydrogens (tertiary/aromatic N) is 1. The molecule has 0 amide bonds. The molecule has 1 saturated heterocycles. The second kappa shape index (κ2) is 5.05. The van der Waals surface area contributed by atoms with Gasteiger partial charge in [-0.15, -0.1) is 0 Å². The van der Waals surface area contributed by atoms with E-state index in [-0.39, 0.29) is 6.10 Å². The predicted molar refractivity (Wildman–Crippen MR) is 67.5 cm³/mol. The number of hydrogen-bond donors (Lipinski definition) is 1. The molecule has 0 aromatic heterocycles. The Balaban J connectivity index is 1.80. The molecule has 1 saturated carbocycles. The molecule has 1 heterocycles. The van der Waals surface area contributed by atoms with Gasteiger partial charge in [0, 0.05) is 6.04 Å². The van der Waals surface area contributed by atoms with Crippen molar-refractivity contribution in [3.63, 3.8) is 0 Å². The first-order chi connectivity index (χ1) is 7.63. The average molecular weight is 225 g/mol. The molecule has 1 aliphatic carbocycles. The monoisotopic (exact) mass is 225 g/mol. The lowest BCUT2D eigenvalue weighted by atomic mass is 9.77. The maximum absolute atomic E-state index is 9.53. The second-order valence-electron chi connectivity index (χ2n) is 6.16. The highest BCUT2D eigenvalue weighted by atomic mass is 16.3. The van der Waals surface area contributed by atoms with Crippen LogP contribution in [-0.4, -0.2) is 35.2 Å². The van der Waals surface area contributed by atoms with Crippen LogP contribution in [0.25, 0.3) is 0 Å². The molecule has 0 bridgehead atoms. The zero-order chi connectivity index (χ0) is 11.6. The Morgan fingerprint density at radius 2 is 1.69 bits per heavy atom. The minimum atomic E-state index is -0.0121. The summed E-state index contributed by atoms with van der Waals surface area (Å²) in [6, 6.07) is 0.768. The van der Waals surface area contributed by atoms with Gasteiger partial charge in [-0.1, -0.05) is 20.3 Å². The molecule has 1 N–H and O–H groups in total. The topological polar surface area (TPSA) is 23.5 Å². The number of hydrogen-bond acceptors (Lipinski definition) is 2. The van der Waals surface area contributed by atoms with Crippen molar-refractivity contribution >= 4 is 0 Å². The van der Waals surface area contributed by atoms with E-state index in [1.54, 1.807) is 0 Å². The smallest absolute Gasteiger partial charge is 0.0541 e. The third-order valence-electron chi connectivity index (χ3n) is 5.04. The molecule has 2 heteroatoms. The molecule has 0 unspecified atom stereocenters. The van der Waals surface area contributed by atoms with Gasteiger partial charge in [-0.2, -0.15) is 0 Å². The SMILES string of the molecule is CCC1(C)CCN(C2CCC(O)CC2)CC1. The van der Waals surface area contributed by atoms with Crippen LogP contribution in [0.15, 0.2) is 0 Å². The van der Waals surface area contributed by atoms with Crippen molar-refractivity contribution in [1.29, 1.82) is 0 Å². The van der Waals surface area contributed by atoms with Crippen LogP contribution in [-0.2, 0) is 0 Å². The highest BCUT2D eigenvalue weighted by Gasteiger charge is 2.32. The van der Waals surface area contributed by atoms with E-state index in [4.69, 9.17) is 0 Å². The fourth-order valence-corrected chi connectivity index (χ4v) is 3.21. The number of piperidine rings is 1. The maximum Gasteiger partial charge on any atom is 0.0541 e. The first-order valence-corrected chi connectivity index (χ1v) is 7.05. The molecular weight excluding hydrogens is 198 g/mol. The van der Waals surface area contributed by atoms with Gasteiger partial charge in [0.05, 0.1) is 6.10 Å². The first-order valence-electron chi connectivity index (χ1n) is 7.05. The third kappa shape index (κ3) is 2.78. The van der Waals surface area contributed by atoms with Gasteiger partial charge in [0.25, 0.3) is 0 Å². The molecule has 2 aliphatic rings. The lowest BCUT2D eigenvalue weighted by Gasteiger charge is -2.44. The van der Waals surface area contributed by atoms with Crippen molar-refractivity contribution in [3.05, 3.63) is 0 Å². The van der Waals surface area contributed by atoms with Crippen molar-refractivity contribution in [2.75, 3.05) is 13.1 Å². The summed E-state index contributed by atoms with van der Waals surface area (Å²) in [5.74, 6) is 0. The summed E-state index contributed by atoms with van der Waals surface area (Å²) in [5, 5.41) is 9.53. The summed E-state index contributed by atoms with van der Waals surface area (Å²) in [6.07, 6.45) is 8.50. The summed E-state index contributed by atoms with van der Waals surface area (Å²) in [5.41, 5.74) is 0.602. The van der Waals surface area contributed by atoms with Crippen molar-refractivity contribution < 1.29 is 5.11 Å². The number of likely N-dealkylation sites (tertiary alicyclic amines) is 1. The lowest BCUT2D eigenvalue weighted by molar-refractivity contribution is 0.0360. The molecule has 0 atom stereocenters. The highest BCUT2D eigenvalue weighted by molar-refractivity contribution is 4.86. The van der Waals surface area contributed by atoms with Crippen LogP contribution in [0.1, 0.15) is 58.8 Å². The van der Waals surface area contributed by atoms with Gasteiger partial charge in [0.2, 0.25) is 0 Å². The van der Waals surface area contributed by atoms with Gasteiger partial charge in [-0.05, 0) is 57.0 Å². The van der Waals surface area contributed by atoms with E-state index >= 15 is 0 Å². The Bertz CT molecular complexity index is 213.